The molecule has 1 nitrogen and oxygen atoms in total. The van der Waals surface area contributed by atoms with Gasteiger partial charge >= 0.3 is 0 Å². The number of allylic oxidation sites excluding steroid dienone is 4. The molecule has 0 aliphatic heterocycles. The Bertz CT molecular complexity index is 784. The second kappa shape index (κ2) is 8.00. The van der Waals surface area contributed by atoms with Crippen LogP contribution in [0.1, 0.15) is 114 Å². The fraction of sp³-hybridized carbons (Fsp3) is 0.871. The summed E-state index contributed by atoms with van der Waals surface area (Å²) in [4.78, 5) is 0. The maximum absolute atomic E-state index is 11.8. The molecule has 0 aromatic carbocycles. The van der Waals surface area contributed by atoms with Crippen molar-refractivity contribution in [2.75, 3.05) is 0 Å². The van der Waals surface area contributed by atoms with E-state index in [-0.39, 0.29) is 11.5 Å². The third-order valence-corrected chi connectivity index (χ3v) is 12.5. The van der Waals surface area contributed by atoms with Crippen LogP contribution in [0.15, 0.2) is 23.3 Å². The van der Waals surface area contributed by atoms with Gasteiger partial charge in [0.2, 0.25) is 0 Å². The number of aliphatic hydroxyl groups is 1. The summed E-state index contributed by atoms with van der Waals surface area (Å²) in [5.41, 5.74) is 4.34. The van der Waals surface area contributed by atoms with Gasteiger partial charge in [-0.1, -0.05) is 64.8 Å². The minimum absolute atomic E-state index is 0.143. The molecule has 1 N–H and O–H groups in total. The SMILES string of the molecule is CC(C)=CC/C=C(\C)C1CC[C@]2(C)C1[C@H](O)CC1[C@@]3(C)CCC(C)C(C)(C)C3CC[C@]12C. The Labute approximate surface area is 199 Å². The van der Waals surface area contributed by atoms with Gasteiger partial charge in [0.15, 0.2) is 0 Å². The topological polar surface area (TPSA) is 20.2 Å². The molecule has 0 aromatic rings. The van der Waals surface area contributed by atoms with Crippen molar-refractivity contribution in [2.24, 2.45) is 51.2 Å². The summed E-state index contributed by atoms with van der Waals surface area (Å²) in [5.74, 6) is 3.26. The van der Waals surface area contributed by atoms with Crippen molar-refractivity contribution in [3.63, 3.8) is 0 Å². The molecule has 9 atom stereocenters. The van der Waals surface area contributed by atoms with Crippen LogP contribution in [-0.2, 0) is 0 Å². The Morgan fingerprint density at radius 3 is 2.16 bits per heavy atom. The van der Waals surface area contributed by atoms with Gasteiger partial charge < -0.3 is 5.11 Å². The monoisotopic (exact) mass is 440 g/mol. The smallest absolute Gasteiger partial charge is 0.0582 e. The Morgan fingerprint density at radius 1 is 0.844 bits per heavy atom. The van der Waals surface area contributed by atoms with Crippen molar-refractivity contribution < 1.29 is 5.11 Å². The quantitative estimate of drug-likeness (QED) is 0.436. The van der Waals surface area contributed by atoms with Crippen LogP contribution in [0.5, 0.6) is 0 Å². The lowest BCUT2D eigenvalue weighted by Gasteiger charge is -2.70. The van der Waals surface area contributed by atoms with Crippen LogP contribution in [0, 0.1) is 51.2 Å². The zero-order valence-electron chi connectivity index (χ0n) is 22.7. The van der Waals surface area contributed by atoms with Gasteiger partial charge in [-0.25, -0.2) is 0 Å². The first-order valence-electron chi connectivity index (χ1n) is 13.8. The largest absolute Gasteiger partial charge is 0.393 e. The van der Waals surface area contributed by atoms with E-state index in [1.54, 1.807) is 0 Å². The molecule has 0 aromatic heterocycles. The Hall–Kier alpha value is -0.560. The second-order valence-corrected chi connectivity index (χ2v) is 14.2. The van der Waals surface area contributed by atoms with E-state index >= 15 is 0 Å². The van der Waals surface area contributed by atoms with E-state index in [1.165, 1.54) is 49.7 Å². The molecule has 4 fully saturated rings. The first-order chi connectivity index (χ1) is 14.8. The van der Waals surface area contributed by atoms with Crippen molar-refractivity contribution >= 4 is 0 Å². The molecule has 0 amide bonds. The fourth-order valence-corrected chi connectivity index (χ4v) is 10.1. The number of aliphatic hydroxyl groups excluding tert-OH is 1. The summed E-state index contributed by atoms with van der Waals surface area (Å²) >= 11 is 0. The highest BCUT2D eigenvalue weighted by Crippen LogP contribution is 2.75. The van der Waals surface area contributed by atoms with E-state index in [9.17, 15) is 5.11 Å². The van der Waals surface area contributed by atoms with Crippen LogP contribution in [-0.4, -0.2) is 11.2 Å². The van der Waals surface area contributed by atoms with Crippen LogP contribution in [0.2, 0.25) is 0 Å². The molecule has 4 rings (SSSR count). The standard InChI is InChI=1S/C31H52O/c1-20(2)11-10-12-21(3)23-14-17-31(9)27(23)24(32)19-26-29(7)16-13-22(4)28(5,6)25(29)15-18-30(26,31)8/h11-12,22-27,32H,10,13-19H2,1-9H3/b21-12+/t22?,23?,24-,25?,26?,27?,29+,30-,31-/m1/s1. The van der Waals surface area contributed by atoms with Crippen molar-refractivity contribution in [1.29, 1.82) is 0 Å². The van der Waals surface area contributed by atoms with E-state index in [2.05, 4.69) is 74.5 Å². The van der Waals surface area contributed by atoms with Gasteiger partial charge in [0.05, 0.1) is 6.10 Å². The highest BCUT2D eigenvalue weighted by atomic mass is 16.3. The van der Waals surface area contributed by atoms with E-state index in [4.69, 9.17) is 0 Å². The Kier molecular flexibility index (Phi) is 6.14. The summed E-state index contributed by atoms with van der Waals surface area (Å²) in [6, 6.07) is 0. The third-order valence-electron chi connectivity index (χ3n) is 12.5. The van der Waals surface area contributed by atoms with E-state index in [1.807, 2.05) is 0 Å². The molecule has 0 spiro atoms. The molecule has 0 saturated heterocycles. The number of hydrogen-bond acceptors (Lipinski definition) is 1. The minimum Gasteiger partial charge on any atom is -0.393 e. The van der Waals surface area contributed by atoms with Crippen LogP contribution in [0.4, 0.5) is 0 Å². The third kappa shape index (κ3) is 3.34. The molecular weight excluding hydrogens is 388 g/mol. The summed E-state index contributed by atoms with van der Waals surface area (Å²) in [6.07, 6.45) is 14.7. The zero-order chi connectivity index (χ0) is 23.7. The molecule has 4 saturated carbocycles. The van der Waals surface area contributed by atoms with E-state index in [0.29, 0.717) is 34.0 Å². The Morgan fingerprint density at radius 2 is 1.50 bits per heavy atom. The molecule has 0 bridgehead atoms. The molecule has 1 heteroatoms. The lowest BCUT2D eigenvalue weighted by molar-refractivity contribution is -0.233. The number of rotatable bonds is 3. The molecule has 32 heavy (non-hydrogen) atoms. The normalized spacial score (nSPS) is 50.2. The van der Waals surface area contributed by atoms with Gasteiger partial charge in [0.1, 0.15) is 0 Å². The predicted molar refractivity (Wildman–Crippen MR) is 137 cm³/mol. The number of hydrogen-bond donors (Lipinski definition) is 1. The van der Waals surface area contributed by atoms with Crippen molar-refractivity contribution in [1.82, 2.24) is 0 Å². The van der Waals surface area contributed by atoms with Crippen LogP contribution >= 0.6 is 0 Å². The summed E-state index contributed by atoms with van der Waals surface area (Å²) < 4.78 is 0. The summed E-state index contributed by atoms with van der Waals surface area (Å²) in [5, 5.41) is 11.8. The van der Waals surface area contributed by atoms with Gasteiger partial charge in [-0.05, 0) is 123 Å². The summed E-state index contributed by atoms with van der Waals surface area (Å²) in [7, 11) is 0. The number of fused-ring (bicyclic) bond motifs is 5. The van der Waals surface area contributed by atoms with Crippen LogP contribution in [0.25, 0.3) is 0 Å². The van der Waals surface area contributed by atoms with E-state index < -0.39 is 0 Å². The van der Waals surface area contributed by atoms with Gasteiger partial charge in [0, 0.05) is 0 Å². The van der Waals surface area contributed by atoms with E-state index in [0.717, 1.165) is 24.7 Å². The first kappa shape index (κ1) is 24.6. The highest BCUT2D eigenvalue weighted by molar-refractivity contribution is 5.22. The molecule has 4 aliphatic rings. The molecular formula is C31H52O. The first-order valence-corrected chi connectivity index (χ1v) is 13.8. The lowest BCUT2D eigenvalue weighted by atomic mass is 9.34. The second-order valence-electron chi connectivity index (χ2n) is 14.2. The molecule has 182 valence electrons. The van der Waals surface area contributed by atoms with Gasteiger partial charge in [0.25, 0.3) is 0 Å². The van der Waals surface area contributed by atoms with Crippen LogP contribution in [0.3, 0.4) is 0 Å². The van der Waals surface area contributed by atoms with Gasteiger partial charge in [-0.2, -0.15) is 0 Å². The fourth-order valence-electron chi connectivity index (χ4n) is 10.1. The highest BCUT2D eigenvalue weighted by Gasteiger charge is 2.69. The summed E-state index contributed by atoms with van der Waals surface area (Å²) in [6.45, 7) is 22.2. The van der Waals surface area contributed by atoms with Crippen LogP contribution < -0.4 is 0 Å². The van der Waals surface area contributed by atoms with Crippen molar-refractivity contribution in [2.45, 2.75) is 120 Å². The lowest BCUT2D eigenvalue weighted by Crippen LogP contribution is -2.65. The van der Waals surface area contributed by atoms with Crippen molar-refractivity contribution in [3.8, 4) is 0 Å². The average molecular weight is 441 g/mol. The molecule has 0 radical (unpaired) electrons. The van der Waals surface area contributed by atoms with Crippen molar-refractivity contribution in [3.05, 3.63) is 23.3 Å². The maximum Gasteiger partial charge on any atom is 0.0582 e. The maximum atomic E-state index is 11.8. The van der Waals surface area contributed by atoms with Gasteiger partial charge in [-0.3, -0.25) is 0 Å². The molecule has 4 aliphatic carbocycles. The predicted octanol–water partition coefficient (Wildman–Crippen LogP) is 8.58. The average Bonchev–Trinajstić information content (AvgIpc) is 3.07. The minimum atomic E-state index is -0.143. The molecule has 0 heterocycles. The Balaban J connectivity index is 1.67. The van der Waals surface area contributed by atoms with Gasteiger partial charge in [-0.15, -0.1) is 0 Å². The zero-order valence-corrected chi connectivity index (χ0v) is 22.7. The molecule has 5 unspecified atom stereocenters.